The molecule has 1 heterocycles. The van der Waals surface area contributed by atoms with Crippen molar-refractivity contribution < 1.29 is 4.79 Å². The summed E-state index contributed by atoms with van der Waals surface area (Å²) in [5.74, 6) is 1.18. The second kappa shape index (κ2) is 12.3. The lowest BCUT2D eigenvalue weighted by molar-refractivity contribution is -0.122. The van der Waals surface area contributed by atoms with E-state index in [-0.39, 0.29) is 5.91 Å². The van der Waals surface area contributed by atoms with Crippen LogP contribution in [0.3, 0.4) is 0 Å². The number of nitrogens with zero attached hydrogens (tertiary/aromatic N) is 2. The first-order chi connectivity index (χ1) is 16.6. The molecule has 4 nitrogen and oxygen atoms in total. The van der Waals surface area contributed by atoms with Gasteiger partial charge in [-0.1, -0.05) is 91.7 Å². The molecule has 1 aliphatic rings. The molecule has 3 aromatic rings. The lowest BCUT2D eigenvalue weighted by Gasteiger charge is -2.22. The highest BCUT2D eigenvalue weighted by Crippen LogP contribution is 2.38. The highest BCUT2D eigenvalue weighted by molar-refractivity contribution is 7.99. The molecular weight excluding hydrogens is 438 g/mol. The summed E-state index contributed by atoms with van der Waals surface area (Å²) in [6.07, 6.45) is 8.66. The quantitative estimate of drug-likeness (QED) is 0.244. The minimum Gasteiger partial charge on any atom is -0.353 e. The van der Waals surface area contributed by atoms with Crippen molar-refractivity contribution in [1.82, 2.24) is 14.9 Å². The zero-order valence-electron chi connectivity index (χ0n) is 20.5. The maximum atomic E-state index is 12.3. The van der Waals surface area contributed by atoms with Gasteiger partial charge in [0.15, 0.2) is 5.16 Å². The van der Waals surface area contributed by atoms with E-state index in [2.05, 4.69) is 78.3 Å². The highest BCUT2D eigenvalue weighted by atomic mass is 32.2. The summed E-state index contributed by atoms with van der Waals surface area (Å²) in [7, 11) is 0. The van der Waals surface area contributed by atoms with Crippen LogP contribution in [0.25, 0.3) is 22.5 Å². The van der Waals surface area contributed by atoms with E-state index in [4.69, 9.17) is 4.98 Å². The number of hydrogen-bond donors (Lipinski definition) is 1. The summed E-state index contributed by atoms with van der Waals surface area (Å²) in [4.78, 5) is 17.4. The average Bonchev–Trinajstić information content (AvgIpc) is 3.25. The fourth-order valence-corrected chi connectivity index (χ4v) is 5.89. The van der Waals surface area contributed by atoms with E-state index in [0.717, 1.165) is 47.8 Å². The molecule has 1 aliphatic carbocycles. The Morgan fingerprint density at radius 1 is 0.971 bits per heavy atom. The fraction of sp³-hybridized carbons (Fsp3) is 0.448. The van der Waals surface area contributed by atoms with Gasteiger partial charge in [-0.25, -0.2) is 4.98 Å². The van der Waals surface area contributed by atoms with Crippen LogP contribution in [0.5, 0.6) is 0 Å². The number of rotatable bonds is 10. The summed E-state index contributed by atoms with van der Waals surface area (Å²) in [6.45, 7) is 4.45. The number of hydrogen-bond acceptors (Lipinski definition) is 3. The summed E-state index contributed by atoms with van der Waals surface area (Å²) < 4.78 is 2.37. The first-order valence-corrected chi connectivity index (χ1v) is 13.8. The van der Waals surface area contributed by atoms with Crippen molar-refractivity contribution in [3.8, 4) is 22.5 Å². The summed E-state index contributed by atoms with van der Waals surface area (Å²) in [6, 6.07) is 21.7. The Morgan fingerprint density at radius 3 is 2.26 bits per heavy atom. The lowest BCUT2D eigenvalue weighted by Crippen LogP contribution is -2.35. The second-order valence-electron chi connectivity index (χ2n) is 9.50. The predicted molar refractivity (Wildman–Crippen MR) is 143 cm³/mol. The first-order valence-electron chi connectivity index (χ1n) is 12.8. The average molecular weight is 476 g/mol. The van der Waals surface area contributed by atoms with Crippen molar-refractivity contribution in [1.29, 1.82) is 0 Å². The van der Waals surface area contributed by atoms with Gasteiger partial charge in [-0.2, -0.15) is 0 Å². The minimum atomic E-state index is 0.221. The maximum Gasteiger partial charge on any atom is 0.220 e. The Hall–Kier alpha value is -2.53. The zero-order valence-corrected chi connectivity index (χ0v) is 21.3. The third kappa shape index (κ3) is 6.32. The number of carbonyl (C=O) groups is 1. The molecule has 34 heavy (non-hydrogen) atoms. The number of benzene rings is 2. The predicted octanol–water partition coefficient (Wildman–Crippen LogP) is 7.51. The van der Waals surface area contributed by atoms with E-state index in [0.29, 0.717) is 18.5 Å². The number of unbranched alkanes of at least 4 members (excludes halogenated alkanes) is 1. The number of aromatic nitrogens is 2. The van der Waals surface area contributed by atoms with Gasteiger partial charge >= 0.3 is 0 Å². The van der Waals surface area contributed by atoms with Crippen LogP contribution in [0, 0.1) is 0 Å². The van der Waals surface area contributed by atoms with E-state index in [9.17, 15) is 4.79 Å². The number of imidazole rings is 1. The molecule has 180 valence electrons. The fourth-order valence-electron chi connectivity index (χ4n) is 4.76. The lowest BCUT2D eigenvalue weighted by atomic mass is 9.95. The normalized spacial score (nSPS) is 14.4. The van der Waals surface area contributed by atoms with Gasteiger partial charge in [-0.05, 0) is 39.5 Å². The molecule has 0 spiro atoms. The van der Waals surface area contributed by atoms with Crippen LogP contribution < -0.4 is 5.32 Å². The molecule has 0 aliphatic heterocycles. The Kier molecular flexibility index (Phi) is 8.86. The van der Waals surface area contributed by atoms with Crippen LogP contribution in [-0.2, 0) is 4.79 Å². The SMILES string of the molecule is CC(C)n1c(SCCCCC(=O)NC2CCCCC2)nc(-c2ccccc2)c1-c1ccccc1. The minimum absolute atomic E-state index is 0.221. The van der Waals surface area contributed by atoms with Gasteiger partial charge in [0.2, 0.25) is 5.91 Å². The molecule has 0 unspecified atom stereocenters. The molecule has 1 aromatic heterocycles. The molecule has 4 rings (SSSR count). The van der Waals surface area contributed by atoms with Gasteiger partial charge in [0.25, 0.3) is 0 Å². The van der Waals surface area contributed by atoms with Crippen molar-refractivity contribution in [2.24, 2.45) is 0 Å². The third-order valence-electron chi connectivity index (χ3n) is 6.49. The van der Waals surface area contributed by atoms with Crippen molar-refractivity contribution in [2.45, 2.75) is 82.5 Å². The molecule has 0 atom stereocenters. The molecule has 1 amide bonds. The van der Waals surface area contributed by atoms with Gasteiger partial charge in [0.05, 0.1) is 11.4 Å². The summed E-state index contributed by atoms with van der Waals surface area (Å²) in [5, 5.41) is 4.29. The van der Waals surface area contributed by atoms with E-state index in [1.54, 1.807) is 0 Å². The van der Waals surface area contributed by atoms with E-state index < -0.39 is 0 Å². The monoisotopic (exact) mass is 475 g/mol. The molecule has 1 fully saturated rings. The van der Waals surface area contributed by atoms with Crippen LogP contribution in [-0.4, -0.2) is 27.3 Å². The Bertz CT molecular complexity index is 1040. The van der Waals surface area contributed by atoms with Crippen molar-refractivity contribution in [3.05, 3.63) is 60.7 Å². The van der Waals surface area contributed by atoms with Crippen LogP contribution >= 0.6 is 11.8 Å². The maximum absolute atomic E-state index is 12.3. The molecule has 0 bridgehead atoms. The largest absolute Gasteiger partial charge is 0.353 e. The van der Waals surface area contributed by atoms with Crippen molar-refractivity contribution >= 4 is 17.7 Å². The molecule has 1 saturated carbocycles. The molecule has 5 heteroatoms. The van der Waals surface area contributed by atoms with Crippen molar-refractivity contribution in [3.63, 3.8) is 0 Å². The number of amides is 1. The molecule has 0 radical (unpaired) electrons. The van der Waals surface area contributed by atoms with Crippen LogP contribution in [0.1, 0.15) is 71.3 Å². The standard InChI is InChI=1S/C29H37N3OS/c1-22(2)32-28(24-16-8-4-9-17-24)27(23-14-6-3-7-15-23)31-29(32)34-21-13-12-20-26(33)30-25-18-10-5-11-19-25/h3-4,6-9,14-17,22,25H,5,10-13,18-21H2,1-2H3,(H,30,33). The summed E-state index contributed by atoms with van der Waals surface area (Å²) >= 11 is 1.81. The van der Waals surface area contributed by atoms with Gasteiger partial charge in [-0.15, -0.1) is 0 Å². The van der Waals surface area contributed by atoms with Crippen LogP contribution in [0.15, 0.2) is 65.8 Å². The number of thioether (sulfide) groups is 1. The van der Waals surface area contributed by atoms with Crippen LogP contribution in [0.4, 0.5) is 0 Å². The van der Waals surface area contributed by atoms with Gasteiger partial charge < -0.3 is 9.88 Å². The van der Waals surface area contributed by atoms with E-state index in [1.165, 1.54) is 30.5 Å². The second-order valence-corrected chi connectivity index (χ2v) is 10.6. The summed E-state index contributed by atoms with van der Waals surface area (Å²) in [5.41, 5.74) is 4.54. The Balaban J connectivity index is 1.43. The van der Waals surface area contributed by atoms with Crippen molar-refractivity contribution in [2.75, 3.05) is 5.75 Å². The Morgan fingerprint density at radius 2 is 1.62 bits per heavy atom. The number of nitrogens with one attached hydrogen (secondary N) is 1. The smallest absolute Gasteiger partial charge is 0.220 e. The topological polar surface area (TPSA) is 46.9 Å². The van der Waals surface area contributed by atoms with Gasteiger partial charge in [0.1, 0.15) is 0 Å². The molecule has 2 aromatic carbocycles. The zero-order chi connectivity index (χ0) is 23.8. The van der Waals surface area contributed by atoms with Crippen LogP contribution in [0.2, 0.25) is 0 Å². The Labute approximate surface area is 208 Å². The van der Waals surface area contributed by atoms with Gasteiger partial charge in [0, 0.05) is 35.4 Å². The number of carbonyl (C=O) groups excluding carboxylic acids is 1. The highest BCUT2D eigenvalue weighted by Gasteiger charge is 2.22. The third-order valence-corrected chi connectivity index (χ3v) is 7.53. The molecule has 0 saturated heterocycles. The van der Waals surface area contributed by atoms with Gasteiger partial charge in [-0.3, -0.25) is 4.79 Å². The molecular formula is C29H37N3OS. The first kappa shape index (κ1) is 24.6. The van der Waals surface area contributed by atoms with E-state index >= 15 is 0 Å². The molecule has 1 N–H and O–H groups in total. The van der Waals surface area contributed by atoms with E-state index in [1.807, 2.05) is 17.8 Å².